The van der Waals surface area contributed by atoms with Crippen molar-refractivity contribution in [3.63, 3.8) is 0 Å². The molecule has 1 amide bonds. The smallest absolute Gasteiger partial charge is 0.358 e. The fourth-order valence-corrected chi connectivity index (χ4v) is 6.35. The Hall–Kier alpha value is -2.04. The van der Waals surface area contributed by atoms with E-state index in [0.717, 1.165) is 33.0 Å². The van der Waals surface area contributed by atoms with Crippen molar-refractivity contribution in [2.45, 2.75) is 51.5 Å². The first kappa shape index (κ1) is 22.2. The Labute approximate surface area is 193 Å². The number of anilines is 1. The van der Waals surface area contributed by atoms with E-state index in [4.69, 9.17) is 4.74 Å². The van der Waals surface area contributed by atoms with Gasteiger partial charge in [-0.1, -0.05) is 25.6 Å². The van der Waals surface area contributed by atoms with Gasteiger partial charge in [-0.25, -0.2) is 19.7 Å². The summed E-state index contributed by atoms with van der Waals surface area (Å²) >= 11 is 4.43. The second kappa shape index (κ2) is 9.62. The molecule has 0 aliphatic heterocycles. The van der Waals surface area contributed by atoms with Crippen molar-refractivity contribution < 1.29 is 14.3 Å². The van der Waals surface area contributed by atoms with Crippen LogP contribution in [0.3, 0.4) is 0 Å². The van der Waals surface area contributed by atoms with Gasteiger partial charge in [0.25, 0.3) is 0 Å². The van der Waals surface area contributed by atoms with Gasteiger partial charge in [0.15, 0.2) is 10.8 Å². The molecule has 4 rings (SSSR count). The van der Waals surface area contributed by atoms with Gasteiger partial charge in [0.05, 0.1) is 12.4 Å². The molecule has 31 heavy (non-hydrogen) atoms. The second-order valence-corrected chi connectivity index (χ2v) is 11.1. The van der Waals surface area contributed by atoms with Gasteiger partial charge in [-0.3, -0.25) is 4.79 Å². The summed E-state index contributed by atoms with van der Waals surface area (Å²) in [6.45, 7) is 6.09. The highest BCUT2D eigenvalue weighted by Crippen LogP contribution is 2.39. The number of esters is 1. The van der Waals surface area contributed by atoms with Gasteiger partial charge in [-0.05, 0) is 44.1 Å². The van der Waals surface area contributed by atoms with Crippen molar-refractivity contribution in [1.82, 2.24) is 15.0 Å². The summed E-state index contributed by atoms with van der Waals surface area (Å²) in [5, 5.41) is 5.17. The van der Waals surface area contributed by atoms with Crippen LogP contribution in [0.4, 0.5) is 5.13 Å². The normalized spacial score (nSPS) is 13.4. The van der Waals surface area contributed by atoms with E-state index < -0.39 is 5.97 Å². The summed E-state index contributed by atoms with van der Waals surface area (Å²) in [7, 11) is 0. The summed E-state index contributed by atoms with van der Waals surface area (Å²) in [6.07, 6.45) is 6.13. The number of hydrogen-bond acceptors (Lipinski definition) is 9. The molecule has 0 aromatic carbocycles. The lowest BCUT2D eigenvalue weighted by atomic mass is 9.97. The molecule has 0 saturated carbocycles. The highest BCUT2D eigenvalue weighted by atomic mass is 32.2. The lowest BCUT2D eigenvalue weighted by Gasteiger charge is -2.11. The van der Waals surface area contributed by atoms with Crippen molar-refractivity contribution in [3.05, 3.63) is 27.3 Å². The molecule has 0 fully saturated rings. The van der Waals surface area contributed by atoms with Crippen molar-refractivity contribution in [1.29, 1.82) is 0 Å². The van der Waals surface area contributed by atoms with Crippen molar-refractivity contribution >= 4 is 61.7 Å². The fourth-order valence-electron chi connectivity index (χ4n) is 3.41. The van der Waals surface area contributed by atoms with Crippen LogP contribution in [0, 0.1) is 12.8 Å². The Morgan fingerprint density at radius 2 is 2.03 bits per heavy atom. The number of carbonyl (C=O) groups is 2. The van der Waals surface area contributed by atoms with Crippen LogP contribution in [0.25, 0.3) is 10.2 Å². The van der Waals surface area contributed by atoms with Crippen LogP contribution < -0.4 is 5.32 Å². The van der Waals surface area contributed by atoms with Gasteiger partial charge in [0, 0.05) is 15.1 Å². The van der Waals surface area contributed by atoms with E-state index >= 15 is 0 Å². The predicted molar refractivity (Wildman–Crippen MR) is 125 cm³/mol. The molecule has 1 aliphatic carbocycles. The van der Waals surface area contributed by atoms with E-state index in [1.165, 1.54) is 46.4 Å². The first-order valence-corrected chi connectivity index (χ1v) is 12.9. The minimum atomic E-state index is -0.456. The van der Waals surface area contributed by atoms with E-state index in [0.29, 0.717) is 11.7 Å². The quantitative estimate of drug-likeness (QED) is 0.295. The van der Waals surface area contributed by atoms with Gasteiger partial charge in [0.2, 0.25) is 5.91 Å². The molecular formula is C21H24N4O3S3. The van der Waals surface area contributed by atoms with Gasteiger partial charge < -0.3 is 10.1 Å². The van der Waals surface area contributed by atoms with Crippen LogP contribution in [-0.2, 0) is 22.4 Å². The van der Waals surface area contributed by atoms with E-state index in [-0.39, 0.29) is 23.3 Å². The topological polar surface area (TPSA) is 94.1 Å². The average Bonchev–Trinajstić information content (AvgIpc) is 3.30. The number of thioether (sulfide) groups is 1. The molecule has 0 saturated heterocycles. The molecule has 164 valence electrons. The largest absolute Gasteiger partial charge is 0.461 e. The molecule has 3 aromatic heterocycles. The van der Waals surface area contributed by atoms with Crippen LogP contribution >= 0.6 is 34.4 Å². The summed E-state index contributed by atoms with van der Waals surface area (Å²) < 4.78 is 5.25. The van der Waals surface area contributed by atoms with Crippen LogP contribution in [0.1, 0.15) is 52.5 Å². The lowest BCUT2D eigenvalue weighted by Crippen LogP contribution is -2.15. The van der Waals surface area contributed by atoms with Gasteiger partial charge in [-0.2, -0.15) is 0 Å². The average molecular weight is 477 g/mol. The first-order chi connectivity index (χ1) is 14.9. The Balaban J connectivity index is 1.41. The number of nitrogens with one attached hydrogen (secondary N) is 1. The standard InChI is InChI=1S/C21H24N4O3S3/c1-11(2)8-28-20(27)17-12(3)30-21(25-17)24-15(26)9-29-18-16-13-6-4-5-7-14(13)31-19(16)23-10-22-18/h10-11H,4-9H2,1-3H3,(H,24,25,26). The van der Waals surface area contributed by atoms with Crippen LogP contribution in [0.5, 0.6) is 0 Å². The molecular weight excluding hydrogens is 452 g/mol. The molecule has 10 heteroatoms. The van der Waals surface area contributed by atoms with E-state index in [9.17, 15) is 9.59 Å². The first-order valence-electron chi connectivity index (χ1n) is 10.2. The van der Waals surface area contributed by atoms with E-state index in [1.807, 2.05) is 13.8 Å². The number of amides is 1. The molecule has 1 aliphatic rings. The minimum Gasteiger partial charge on any atom is -0.461 e. The molecule has 3 aromatic rings. The third-order valence-electron chi connectivity index (χ3n) is 4.84. The molecule has 0 bridgehead atoms. The molecule has 3 heterocycles. The van der Waals surface area contributed by atoms with Crippen molar-refractivity contribution in [2.75, 3.05) is 17.7 Å². The summed E-state index contributed by atoms with van der Waals surface area (Å²) in [5.74, 6) is -0.177. The molecule has 0 atom stereocenters. The zero-order valence-electron chi connectivity index (χ0n) is 17.7. The predicted octanol–water partition coefficient (Wildman–Crippen LogP) is 4.88. The van der Waals surface area contributed by atoms with E-state index in [2.05, 4.69) is 20.3 Å². The SMILES string of the molecule is Cc1sc(NC(=O)CSc2ncnc3sc4c(c23)CCCC4)nc1C(=O)OCC(C)C. The highest BCUT2D eigenvalue weighted by molar-refractivity contribution is 8.00. The maximum Gasteiger partial charge on any atom is 0.358 e. The fraction of sp³-hybridized carbons (Fsp3) is 0.476. The second-order valence-electron chi connectivity index (χ2n) is 7.82. The number of thiazole rings is 1. The number of hydrogen-bond donors (Lipinski definition) is 1. The van der Waals surface area contributed by atoms with Crippen molar-refractivity contribution in [3.8, 4) is 0 Å². The van der Waals surface area contributed by atoms with Gasteiger partial charge in [0.1, 0.15) is 16.2 Å². The van der Waals surface area contributed by atoms with Crippen molar-refractivity contribution in [2.24, 2.45) is 5.92 Å². The summed E-state index contributed by atoms with van der Waals surface area (Å²) in [6, 6.07) is 0. The Bertz CT molecular complexity index is 1120. The third kappa shape index (κ3) is 5.07. The number of fused-ring (bicyclic) bond motifs is 3. The maximum absolute atomic E-state index is 12.5. The zero-order chi connectivity index (χ0) is 22.0. The molecule has 0 spiro atoms. The van der Waals surface area contributed by atoms with Gasteiger partial charge in [-0.15, -0.1) is 22.7 Å². The zero-order valence-corrected chi connectivity index (χ0v) is 20.1. The molecule has 1 N–H and O–H groups in total. The Morgan fingerprint density at radius 1 is 1.23 bits per heavy atom. The highest BCUT2D eigenvalue weighted by Gasteiger charge is 2.21. The summed E-state index contributed by atoms with van der Waals surface area (Å²) in [4.78, 5) is 41.0. The third-order valence-corrected chi connectivity index (χ3v) is 7.92. The summed E-state index contributed by atoms with van der Waals surface area (Å²) in [5.41, 5.74) is 1.62. The lowest BCUT2D eigenvalue weighted by molar-refractivity contribution is -0.113. The monoisotopic (exact) mass is 476 g/mol. The number of ether oxygens (including phenoxy) is 1. The number of aromatic nitrogens is 3. The Kier molecular flexibility index (Phi) is 6.88. The minimum absolute atomic E-state index is 0.184. The van der Waals surface area contributed by atoms with Crippen LogP contribution in [0.15, 0.2) is 11.4 Å². The number of carbonyl (C=O) groups excluding carboxylic acids is 2. The van der Waals surface area contributed by atoms with Crippen LogP contribution in [0.2, 0.25) is 0 Å². The number of nitrogens with zero attached hydrogens (tertiary/aromatic N) is 3. The number of rotatable bonds is 7. The maximum atomic E-state index is 12.5. The number of thiophene rings is 1. The molecule has 7 nitrogen and oxygen atoms in total. The molecule has 0 radical (unpaired) electrons. The molecule has 0 unspecified atom stereocenters. The van der Waals surface area contributed by atoms with Crippen LogP contribution in [-0.4, -0.2) is 39.2 Å². The Morgan fingerprint density at radius 3 is 2.84 bits per heavy atom. The number of aryl methyl sites for hydroxylation is 3. The van der Waals surface area contributed by atoms with E-state index in [1.54, 1.807) is 24.6 Å². The van der Waals surface area contributed by atoms with Gasteiger partial charge >= 0.3 is 5.97 Å².